The van der Waals surface area contributed by atoms with Gasteiger partial charge in [-0.1, -0.05) is 17.7 Å². The fourth-order valence-corrected chi connectivity index (χ4v) is 2.25. The number of carbonyl (C=O) groups excluding carboxylic acids is 1. The number of nitro groups is 1. The molecule has 2 aromatic rings. The van der Waals surface area contributed by atoms with E-state index >= 15 is 0 Å². The Labute approximate surface area is 135 Å². The molecule has 0 N–H and O–H groups in total. The van der Waals surface area contributed by atoms with Gasteiger partial charge in [-0.05, 0) is 29.8 Å². The van der Waals surface area contributed by atoms with Gasteiger partial charge < -0.3 is 14.2 Å². The molecule has 0 radical (unpaired) electrons. The number of fused-ring (bicyclic) bond motifs is 1. The maximum absolute atomic E-state index is 12.1. The number of hydrogen-bond donors (Lipinski definition) is 0. The summed E-state index contributed by atoms with van der Waals surface area (Å²) < 4.78 is 15.5. The lowest BCUT2D eigenvalue weighted by Crippen LogP contribution is -2.08. The van der Waals surface area contributed by atoms with Crippen LogP contribution in [0.25, 0.3) is 0 Å². The molecule has 0 atom stereocenters. The van der Waals surface area contributed by atoms with E-state index in [2.05, 4.69) is 0 Å². The van der Waals surface area contributed by atoms with Crippen molar-refractivity contribution in [3.05, 3.63) is 62.7 Å². The van der Waals surface area contributed by atoms with Gasteiger partial charge in [-0.25, -0.2) is 4.79 Å². The zero-order valence-corrected chi connectivity index (χ0v) is 12.4. The largest absolute Gasteiger partial charge is 0.457 e. The molecule has 8 heteroatoms. The van der Waals surface area contributed by atoms with Crippen molar-refractivity contribution in [3.8, 4) is 11.5 Å². The maximum Gasteiger partial charge on any atom is 0.345 e. The number of carbonyl (C=O) groups is 1. The van der Waals surface area contributed by atoms with Gasteiger partial charge >= 0.3 is 5.97 Å². The Kier molecular flexibility index (Phi) is 4.03. The summed E-state index contributed by atoms with van der Waals surface area (Å²) in [6, 6.07) is 8.88. The molecule has 0 amide bonds. The highest BCUT2D eigenvalue weighted by molar-refractivity contribution is 6.31. The molecule has 0 spiro atoms. The van der Waals surface area contributed by atoms with E-state index in [1.54, 1.807) is 18.2 Å². The molecule has 0 bridgehead atoms. The lowest BCUT2D eigenvalue weighted by molar-refractivity contribution is -0.385. The van der Waals surface area contributed by atoms with E-state index in [9.17, 15) is 14.9 Å². The molecule has 118 valence electrons. The summed E-state index contributed by atoms with van der Waals surface area (Å²) in [6.07, 6.45) is 0. The Hall–Kier alpha value is -2.80. The predicted molar refractivity (Wildman–Crippen MR) is 79.8 cm³/mol. The van der Waals surface area contributed by atoms with Crippen LogP contribution in [-0.4, -0.2) is 17.7 Å². The van der Waals surface area contributed by atoms with Crippen molar-refractivity contribution in [2.24, 2.45) is 0 Å². The number of benzene rings is 2. The smallest absolute Gasteiger partial charge is 0.345 e. The van der Waals surface area contributed by atoms with Gasteiger partial charge in [-0.3, -0.25) is 10.1 Å². The Balaban J connectivity index is 1.74. The van der Waals surface area contributed by atoms with Gasteiger partial charge in [0.25, 0.3) is 5.69 Å². The summed E-state index contributed by atoms with van der Waals surface area (Å²) >= 11 is 5.71. The van der Waals surface area contributed by atoms with Gasteiger partial charge in [0.15, 0.2) is 11.5 Å². The summed E-state index contributed by atoms with van der Waals surface area (Å²) in [4.78, 5) is 22.4. The van der Waals surface area contributed by atoms with Crippen molar-refractivity contribution in [3.63, 3.8) is 0 Å². The molecule has 0 unspecified atom stereocenters. The Morgan fingerprint density at radius 3 is 2.78 bits per heavy atom. The van der Waals surface area contributed by atoms with Crippen molar-refractivity contribution in [1.29, 1.82) is 0 Å². The fraction of sp³-hybridized carbons (Fsp3) is 0.133. The van der Waals surface area contributed by atoms with E-state index in [1.807, 2.05) is 0 Å². The monoisotopic (exact) mass is 335 g/mol. The number of hydrogen-bond acceptors (Lipinski definition) is 6. The molecule has 1 heterocycles. The van der Waals surface area contributed by atoms with Crippen LogP contribution in [0.4, 0.5) is 5.69 Å². The van der Waals surface area contributed by atoms with Crippen LogP contribution in [0.15, 0.2) is 36.4 Å². The molecule has 2 aromatic carbocycles. The van der Waals surface area contributed by atoms with Crippen LogP contribution in [0, 0.1) is 10.1 Å². The summed E-state index contributed by atoms with van der Waals surface area (Å²) in [5, 5.41) is 11.2. The van der Waals surface area contributed by atoms with Gasteiger partial charge in [0, 0.05) is 11.1 Å². The lowest BCUT2D eigenvalue weighted by Gasteiger charge is -2.06. The maximum atomic E-state index is 12.1. The second-order valence-electron chi connectivity index (χ2n) is 4.68. The Morgan fingerprint density at radius 2 is 2.00 bits per heavy atom. The molecule has 0 aliphatic carbocycles. The van der Waals surface area contributed by atoms with Gasteiger partial charge in [-0.2, -0.15) is 0 Å². The average molecular weight is 336 g/mol. The van der Waals surface area contributed by atoms with E-state index < -0.39 is 16.6 Å². The second-order valence-corrected chi connectivity index (χ2v) is 5.12. The molecule has 3 rings (SSSR count). The molecule has 1 aliphatic rings. The van der Waals surface area contributed by atoms with Crippen molar-refractivity contribution in [2.45, 2.75) is 6.61 Å². The normalized spacial score (nSPS) is 12.0. The van der Waals surface area contributed by atoms with Crippen LogP contribution < -0.4 is 9.47 Å². The molecular weight excluding hydrogens is 326 g/mol. The number of halogens is 1. The van der Waals surface area contributed by atoms with E-state index in [0.717, 1.165) is 6.07 Å². The highest BCUT2D eigenvalue weighted by atomic mass is 35.5. The highest BCUT2D eigenvalue weighted by Gasteiger charge is 2.22. The van der Waals surface area contributed by atoms with Crippen LogP contribution in [0.2, 0.25) is 5.02 Å². The number of rotatable bonds is 4. The van der Waals surface area contributed by atoms with Crippen molar-refractivity contribution < 1.29 is 23.9 Å². The van der Waals surface area contributed by atoms with E-state index in [1.165, 1.54) is 12.1 Å². The predicted octanol–water partition coefficient (Wildman–Crippen LogP) is 3.33. The minimum atomic E-state index is -0.800. The first-order chi connectivity index (χ1) is 11.0. The van der Waals surface area contributed by atoms with Gasteiger partial charge in [0.2, 0.25) is 6.79 Å². The zero-order valence-electron chi connectivity index (χ0n) is 11.7. The highest BCUT2D eigenvalue weighted by Crippen LogP contribution is 2.32. The topological polar surface area (TPSA) is 87.9 Å². The minimum absolute atomic E-state index is 0.0464. The fourth-order valence-electron chi connectivity index (χ4n) is 2.09. The zero-order chi connectivity index (χ0) is 16.4. The van der Waals surface area contributed by atoms with Crippen molar-refractivity contribution >= 4 is 23.3 Å². The summed E-state index contributed by atoms with van der Waals surface area (Å²) in [5.41, 5.74) is 0.132. The van der Waals surface area contributed by atoms with Crippen LogP contribution in [0.5, 0.6) is 11.5 Å². The van der Waals surface area contributed by atoms with E-state index in [-0.39, 0.29) is 24.0 Å². The first kappa shape index (κ1) is 15.1. The minimum Gasteiger partial charge on any atom is -0.457 e. The molecule has 0 fully saturated rings. The molecule has 7 nitrogen and oxygen atoms in total. The second kappa shape index (κ2) is 6.13. The van der Waals surface area contributed by atoms with E-state index in [4.69, 9.17) is 25.8 Å². The molecule has 23 heavy (non-hydrogen) atoms. The van der Waals surface area contributed by atoms with Gasteiger partial charge in [0.1, 0.15) is 12.2 Å². The SMILES string of the molecule is O=C(OCc1ccc2c(c1)OCO2)c1ccc(Cl)cc1[N+](=O)[O-]. The summed E-state index contributed by atoms with van der Waals surface area (Å²) in [5.74, 6) is 0.385. The number of esters is 1. The third kappa shape index (κ3) is 3.19. The Bertz CT molecular complexity index is 792. The van der Waals surface area contributed by atoms with Crippen molar-refractivity contribution in [1.82, 2.24) is 0 Å². The first-order valence-corrected chi connectivity index (χ1v) is 6.92. The average Bonchev–Trinajstić information content (AvgIpc) is 3.00. The van der Waals surface area contributed by atoms with Crippen LogP contribution in [-0.2, 0) is 11.3 Å². The number of nitro benzene ring substituents is 1. The van der Waals surface area contributed by atoms with Crippen LogP contribution in [0.3, 0.4) is 0 Å². The van der Waals surface area contributed by atoms with Gasteiger partial charge in [0.05, 0.1) is 4.92 Å². The quantitative estimate of drug-likeness (QED) is 0.484. The number of ether oxygens (including phenoxy) is 3. The molecule has 0 saturated carbocycles. The molecule has 1 aliphatic heterocycles. The van der Waals surface area contributed by atoms with E-state index in [0.29, 0.717) is 17.1 Å². The summed E-state index contributed by atoms with van der Waals surface area (Å²) in [6.45, 7) is 0.102. The lowest BCUT2D eigenvalue weighted by atomic mass is 10.2. The molecule has 0 aromatic heterocycles. The van der Waals surface area contributed by atoms with Gasteiger partial charge in [-0.15, -0.1) is 0 Å². The number of nitrogens with zero attached hydrogens (tertiary/aromatic N) is 1. The molecular formula is C15H10ClNO6. The molecule has 0 saturated heterocycles. The standard InChI is InChI=1S/C15H10ClNO6/c16-10-2-3-11(12(6-10)17(19)20)15(18)21-7-9-1-4-13-14(5-9)23-8-22-13/h1-6H,7-8H2. The van der Waals surface area contributed by atoms with Crippen molar-refractivity contribution in [2.75, 3.05) is 6.79 Å². The van der Waals surface area contributed by atoms with Crippen LogP contribution in [0.1, 0.15) is 15.9 Å². The summed E-state index contributed by atoms with van der Waals surface area (Å²) in [7, 11) is 0. The Morgan fingerprint density at radius 1 is 1.22 bits per heavy atom. The third-order valence-electron chi connectivity index (χ3n) is 3.18. The first-order valence-electron chi connectivity index (χ1n) is 6.54. The van der Waals surface area contributed by atoms with Crippen LogP contribution >= 0.6 is 11.6 Å². The third-order valence-corrected chi connectivity index (χ3v) is 3.42.